The van der Waals surface area contributed by atoms with Gasteiger partial charge in [0, 0.05) is 5.56 Å². The van der Waals surface area contributed by atoms with Gasteiger partial charge in [-0.2, -0.15) is 0 Å². The standard InChI is InChI=1S/C16H20FNO2/c1-2-14(19)9-10-18-11-15-7-8-16(20-15)12-3-5-13(17)6-4-12/h3-8,14,18-19H,2,9-11H2,1H3. The average molecular weight is 277 g/mol. The Kier molecular flexibility index (Phi) is 5.32. The summed E-state index contributed by atoms with van der Waals surface area (Å²) in [4.78, 5) is 0. The summed E-state index contributed by atoms with van der Waals surface area (Å²) in [6.45, 7) is 3.34. The van der Waals surface area contributed by atoms with Crippen molar-refractivity contribution >= 4 is 0 Å². The van der Waals surface area contributed by atoms with Gasteiger partial charge in [0.25, 0.3) is 0 Å². The van der Waals surface area contributed by atoms with E-state index >= 15 is 0 Å². The zero-order valence-electron chi connectivity index (χ0n) is 11.6. The first kappa shape index (κ1) is 14.8. The highest BCUT2D eigenvalue weighted by atomic mass is 19.1. The molecule has 2 aromatic rings. The van der Waals surface area contributed by atoms with Crippen LogP contribution in [0.1, 0.15) is 25.5 Å². The summed E-state index contributed by atoms with van der Waals surface area (Å²) in [7, 11) is 0. The summed E-state index contributed by atoms with van der Waals surface area (Å²) < 4.78 is 18.5. The van der Waals surface area contributed by atoms with Gasteiger partial charge in [-0.15, -0.1) is 0 Å². The van der Waals surface area contributed by atoms with Crippen LogP contribution in [0.2, 0.25) is 0 Å². The number of hydrogen-bond acceptors (Lipinski definition) is 3. The maximum atomic E-state index is 12.8. The molecule has 0 aliphatic carbocycles. The highest BCUT2D eigenvalue weighted by molar-refractivity contribution is 5.57. The molecule has 0 bridgehead atoms. The predicted octanol–water partition coefficient (Wildman–Crippen LogP) is 3.34. The molecule has 0 radical (unpaired) electrons. The third-order valence-corrected chi connectivity index (χ3v) is 3.22. The van der Waals surface area contributed by atoms with E-state index in [0.717, 1.165) is 36.5 Å². The number of aliphatic hydroxyl groups excluding tert-OH is 1. The van der Waals surface area contributed by atoms with E-state index in [4.69, 9.17) is 4.42 Å². The molecule has 4 heteroatoms. The molecule has 0 spiro atoms. The molecule has 2 N–H and O–H groups in total. The Morgan fingerprint density at radius 1 is 1.20 bits per heavy atom. The molecular weight excluding hydrogens is 257 g/mol. The molecule has 1 heterocycles. The molecule has 1 aromatic heterocycles. The maximum absolute atomic E-state index is 12.8. The number of furan rings is 1. The number of rotatable bonds is 7. The molecule has 1 atom stereocenters. The Morgan fingerprint density at radius 3 is 2.65 bits per heavy atom. The molecule has 0 saturated carbocycles. The van der Waals surface area contributed by atoms with E-state index in [1.54, 1.807) is 12.1 Å². The van der Waals surface area contributed by atoms with Crippen LogP contribution in [0.5, 0.6) is 0 Å². The quantitative estimate of drug-likeness (QED) is 0.763. The Balaban J connectivity index is 1.85. The van der Waals surface area contributed by atoms with Gasteiger partial charge in [0.15, 0.2) is 0 Å². The molecule has 20 heavy (non-hydrogen) atoms. The van der Waals surface area contributed by atoms with Gasteiger partial charge in [-0.1, -0.05) is 6.92 Å². The molecule has 0 saturated heterocycles. The van der Waals surface area contributed by atoms with Crippen LogP contribution in [-0.4, -0.2) is 17.8 Å². The zero-order valence-corrected chi connectivity index (χ0v) is 11.6. The van der Waals surface area contributed by atoms with Gasteiger partial charge in [-0.25, -0.2) is 4.39 Å². The summed E-state index contributed by atoms with van der Waals surface area (Å²) in [5.41, 5.74) is 0.860. The number of aliphatic hydroxyl groups is 1. The average Bonchev–Trinajstić information content (AvgIpc) is 2.93. The first-order valence-electron chi connectivity index (χ1n) is 6.92. The minimum Gasteiger partial charge on any atom is -0.460 e. The fraction of sp³-hybridized carbons (Fsp3) is 0.375. The third-order valence-electron chi connectivity index (χ3n) is 3.22. The van der Waals surface area contributed by atoms with Crippen molar-refractivity contribution in [2.45, 2.75) is 32.4 Å². The lowest BCUT2D eigenvalue weighted by molar-refractivity contribution is 0.159. The van der Waals surface area contributed by atoms with Crippen LogP contribution >= 0.6 is 0 Å². The van der Waals surface area contributed by atoms with Crippen molar-refractivity contribution in [1.82, 2.24) is 5.32 Å². The van der Waals surface area contributed by atoms with Gasteiger partial charge in [-0.05, 0) is 55.8 Å². The van der Waals surface area contributed by atoms with E-state index in [-0.39, 0.29) is 11.9 Å². The van der Waals surface area contributed by atoms with Crippen LogP contribution in [0.4, 0.5) is 4.39 Å². The Morgan fingerprint density at radius 2 is 1.95 bits per heavy atom. The second kappa shape index (κ2) is 7.22. The molecule has 0 amide bonds. The molecule has 108 valence electrons. The van der Waals surface area contributed by atoms with Crippen molar-refractivity contribution in [3.05, 3.63) is 48.0 Å². The highest BCUT2D eigenvalue weighted by Crippen LogP contribution is 2.22. The third kappa shape index (κ3) is 4.18. The highest BCUT2D eigenvalue weighted by Gasteiger charge is 2.05. The predicted molar refractivity (Wildman–Crippen MR) is 76.7 cm³/mol. The minimum atomic E-state index is -0.253. The van der Waals surface area contributed by atoms with Gasteiger partial charge >= 0.3 is 0 Å². The first-order chi connectivity index (χ1) is 9.69. The van der Waals surface area contributed by atoms with Crippen LogP contribution in [0.25, 0.3) is 11.3 Å². The SMILES string of the molecule is CCC(O)CCNCc1ccc(-c2ccc(F)cc2)o1. The summed E-state index contributed by atoms with van der Waals surface area (Å²) >= 11 is 0. The van der Waals surface area contributed by atoms with Crippen molar-refractivity contribution in [1.29, 1.82) is 0 Å². The lowest BCUT2D eigenvalue weighted by Crippen LogP contribution is -2.19. The van der Waals surface area contributed by atoms with E-state index in [1.807, 2.05) is 19.1 Å². The van der Waals surface area contributed by atoms with E-state index < -0.39 is 0 Å². The number of nitrogens with one attached hydrogen (secondary N) is 1. The Bertz CT molecular complexity index is 522. The van der Waals surface area contributed by atoms with Crippen LogP contribution in [-0.2, 0) is 6.54 Å². The maximum Gasteiger partial charge on any atom is 0.134 e. The van der Waals surface area contributed by atoms with E-state index in [0.29, 0.717) is 6.54 Å². The lowest BCUT2D eigenvalue weighted by Gasteiger charge is -2.07. The zero-order chi connectivity index (χ0) is 14.4. The molecule has 1 aromatic carbocycles. The van der Waals surface area contributed by atoms with Crippen LogP contribution in [0.3, 0.4) is 0 Å². The minimum absolute atomic E-state index is 0.242. The molecule has 0 aliphatic rings. The van der Waals surface area contributed by atoms with E-state index in [2.05, 4.69) is 5.32 Å². The molecule has 0 aliphatic heterocycles. The van der Waals surface area contributed by atoms with Crippen molar-refractivity contribution in [2.24, 2.45) is 0 Å². The summed E-state index contributed by atoms with van der Waals surface area (Å²) in [5, 5.41) is 12.7. The molecular formula is C16H20FNO2. The van der Waals surface area contributed by atoms with Gasteiger partial charge < -0.3 is 14.8 Å². The van der Waals surface area contributed by atoms with Crippen LogP contribution in [0, 0.1) is 5.82 Å². The molecule has 3 nitrogen and oxygen atoms in total. The summed E-state index contributed by atoms with van der Waals surface area (Å²) in [6, 6.07) is 10.0. The van der Waals surface area contributed by atoms with Gasteiger partial charge in [0.2, 0.25) is 0 Å². The Hall–Kier alpha value is -1.65. The molecule has 2 rings (SSSR count). The summed E-state index contributed by atoms with van der Waals surface area (Å²) in [5.74, 6) is 1.31. The lowest BCUT2D eigenvalue weighted by atomic mass is 10.2. The van der Waals surface area contributed by atoms with Crippen molar-refractivity contribution in [2.75, 3.05) is 6.54 Å². The van der Waals surface area contributed by atoms with Gasteiger partial charge in [0.1, 0.15) is 17.3 Å². The molecule has 1 unspecified atom stereocenters. The largest absolute Gasteiger partial charge is 0.460 e. The van der Waals surface area contributed by atoms with E-state index in [1.165, 1.54) is 12.1 Å². The van der Waals surface area contributed by atoms with Crippen LogP contribution in [0.15, 0.2) is 40.8 Å². The second-order valence-electron chi connectivity index (χ2n) is 4.80. The van der Waals surface area contributed by atoms with Crippen LogP contribution < -0.4 is 5.32 Å². The van der Waals surface area contributed by atoms with Gasteiger partial charge in [0.05, 0.1) is 12.6 Å². The van der Waals surface area contributed by atoms with E-state index in [9.17, 15) is 9.50 Å². The number of halogens is 1. The van der Waals surface area contributed by atoms with Crippen molar-refractivity contribution in [3.63, 3.8) is 0 Å². The van der Waals surface area contributed by atoms with Crippen molar-refractivity contribution < 1.29 is 13.9 Å². The number of hydrogen-bond donors (Lipinski definition) is 2. The topological polar surface area (TPSA) is 45.4 Å². The number of benzene rings is 1. The second-order valence-corrected chi connectivity index (χ2v) is 4.80. The fourth-order valence-electron chi connectivity index (χ4n) is 1.93. The normalized spacial score (nSPS) is 12.6. The smallest absolute Gasteiger partial charge is 0.134 e. The molecule has 0 fully saturated rings. The van der Waals surface area contributed by atoms with Gasteiger partial charge in [-0.3, -0.25) is 0 Å². The first-order valence-corrected chi connectivity index (χ1v) is 6.92. The van der Waals surface area contributed by atoms with Crippen molar-refractivity contribution in [3.8, 4) is 11.3 Å². The fourth-order valence-corrected chi connectivity index (χ4v) is 1.93. The monoisotopic (exact) mass is 277 g/mol. The summed E-state index contributed by atoms with van der Waals surface area (Å²) in [6.07, 6.45) is 1.27. The Labute approximate surface area is 118 Å².